The maximum Gasteiger partial charge on any atom is 0.122 e. The highest BCUT2D eigenvalue weighted by Gasteiger charge is 2.23. The highest BCUT2D eigenvalue weighted by molar-refractivity contribution is 5.39. The summed E-state index contributed by atoms with van der Waals surface area (Å²) in [6, 6.07) is 16.0. The van der Waals surface area contributed by atoms with Gasteiger partial charge < -0.3 is 10.1 Å². The van der Waals surface area contributed by atoms with Crippen LogP contribution < -0.4 is 10.1 Å². The lowest BCUT2D eigenvalue weighted by Crippen LogP contribution is -2.45. The smallest absolute Gasteiger partial charge is 0.122 e. The fraction of sp³-hybridized carbons (Fsp3) is 0.500. The van der Waals surface area contributed by atoms with Gasteiger partial charge in [0.15, 0.2) is 0 Å². The third-order valence-corrected chi connectivity index (χ3v) is 5.58. The molecule has 27 heavy (non-hydrogen) atoms. The van der Waals surface area contributed by atoms with Gasteiger partial charge in [0.25, 0.3) is 0 Å². The fourth-order valence-corrected chi connectivity index (χ4v) is 4.11. The van der Waals surface area contributed by atoms with E-state index >= 15 is 0 Å². The molecule has 0 radical (unpaired) electrons. The van der Waals surface area contributed by atoms with E-state index in [2.05, 4.69) is 80.4 Å². The Bertz CT molecular complexity index is 754. The van der Waals surface area contributed by atoms with E-state index in [4.69, 9.17) is 4.74 Å². The van der Waals surface area contributed by atoms with Crippen LogP contribution in [0.5, 0.6) is 5.75 Å². The Morgan fingerprint density at radius 3 is 2.48 bits per heavy atom. The van der Waals surface area contributed by atoms with Gasteiger partial charge in [0.05, 0.1) is 7.11 Å². The van der Waals surface area contributed by atoms with Crippen LogP contribution in [0.25, 0.3) is 0 Å². The Kier molecular flexibility index (Phi) is 6.56. The molecule has 0 saturated carbocycles. The van der Waals surface area contributed by atoms with Gasteiger partial charge in [0, 0.05) is 32.2 Å². The molecule has 3 nitrogen and oxygen atoms in total. The van der Waals surface area contributed by atoms with E-state index in [9.17, 15) is 0 Å². The van der Waals surface area contributed by atoms with E-state index in [-0.39, 0.29) is 0 Å². The number of benzene rings is 2. The van der Waals surface area contributed by atoms with Crippen LogP contribution in [0.3, 0.4) is 0 Å². The van der Waals surface area contributed by atoms with Crippen molar-refractivity contribution in [3.05, 3.63) is 64.7 Å². The number of hydrogen-bond acceptors (Lipinski definition) is 3. The minimum absolute atomic E-state index is 0.397. The second kappa shape index (κ2) is 8.90. The van der Waals surface area contributed by atoms with Crippen molar-refractivity contribution < 1.29 is 4.74 Å². The van der Waals surface area contributed by atoms with Crippen molar-refractivity contribution in [2.75, 3.05) is 26.7 Å². The van der Waals surface area contributed by atoms with Crippen LogP contribution in [0.15, 0.2) is 42.5 Å². The lowest BCUT2D eigenvalue weighted by atomic mass is 9.91. The minimum Gasteiger partial charge on any atom is -0.496 e. The summed E-state index contributed by atoms with van der Waals surface area (Å²) in [5.41, 5.74) is 5.52. The summed E-state index contributed by atoms with van der Waals surface area (Å²) >= 11 is 0. The first-order valence-corrected chi connectivity index (χ1v) is 10.2. The standard InChI is InChI=1S/C24H34N2O/c1-17(2)20-8-6-7-9-22(20)23-16-26(13-12-25-23)15-19-10-11-21(18(3)4)24(14-19)27-5/h6-11,14,17-18,23,25H,12-13,15-16H2,1-5H3. The number of methoxy groups -OCH3 is 1. The molecule has 1 atom stereocenters. The zero-order valence-electron chi connectivity index (χ0n) is 17.5. The summed E-state index contributed by atoms with van der Waals surface area (Å²) in [5, 5.41) is 3.73. The van der Waals surface area contributed by atoms with Crippen molar-refractivity contribution in [3.8, 4) is 5.75 Å². The molecule has 1 unspecified atom stereocenters. The van der Waals surface area contributed by atoms with Gasteiger partial charge in [-0.2, -0.15) is 0 Å². The predicted octanol–water partition coefficient (Wildman–Crippen LogP) is 5.09. The number of rotatable bonds is 6. The lowest BCUT2D eigenvalue weighted by Gasteiger charge is -2.35. The molecule has 0 spiro atoms. The summed E-state index contributed by atoms with van der Waals surface area (Å²) in [4.78, 5) is 2.56. The Labute approximate surface area is 164 Å². The lowest BCUT2D eigenvalue weighted by molar-refractivity contribution is 0.192. The molecule has 0 aromatic heterocycles. The van der Waals surface area contributed by atoms with Crippen molar-refractivity contribution in [3.63, 3.8) is 0 Å². The SMILES string of the molecule is COc1cc(CN2CCNC(c3ccccc3C(C)C)C2)ccc1C(C)C. The Morgan fingerprint density at radius 1 is 1.04 bits per heavy atom. The van der Waals surface area contributed by atoms with Gasteiger partial charge >= 0.3 is 0 Å². The molecule has 1 aliphatic rings. The van der Waals surface area contributed by atoms with Crippen LogP contribution in [-0.2, 0) is 6.54 Å². The van der Waals surface area contributed by atoms with Crippen LogP contribution in [0.2, 0.25) is 0 Å². The van der Waals surface area contributed by atoms with E-state index in [0.29, 0.717) is 17.9 Å². The molecule has 3 rings (SSSR count). The highest BCUT2D eigenvalue weighted by atomic mass is 16.5. The number of ether oxygens (including phenoxy) is 1. The molecule has 3 heteroatoms. The molecule has 0 bridgehead atoms. The Balaban J connectivity index is 1.74. The maximum absolute atomic E-state index is 5.64. The topological polar surface area (TPSA) is 24.5 Å². The molecule has 0 amide bonds. The average molecular weight is 367 g/mol. The van der Waals surface area contributed by atoms with Crippen molar-refractivity contribution in [2.24, 2.45) is 0 Å². The third kappa shape index (κ3) is 4.72. The Morgan fingerprint density at radius 2 is 1.78 bits per heavy atom. The van der Waals surface area contributed by atoms with Crippen LogP contribution in [0.1, 0.15) is 67.8 Å². The zero-order chi connectivity index (χ0) is 19.4. The molecule has 2 aromatic rings. The molecule has 1 fully saturated rings. The van der Waals surface area contributed by atoms with Gasteiger partial charge in [-0.3, -0.25) is 4.90 Å². The first-order valence-electron chi connectivity index (χ1n) is 10.2. The van der Waals surface area contributed by atoms with Gasteiger partial charge in [-0.1, -0.05) is 64.1 Å². The van der Waals surface area contributed by atoms with E-state index in [1.54, 1.807) is 7.11 Å². The van der Waals surface area contributed by atoms with Crippen LogP contribution >= 0.6 is 0 Å². The van der Waals surface area contributed by atoms with Crippen molar-refractivity contribution in [1.82, 2.24) is 10.2 Å². The van der Waals surface area contributed by atoms with Crippen LogP contribution in [-0.4, -0.2) is 31.6 Å². The zero-order valence-corrected chi connectivity index (χ0v) is 17.5. The van der Waals surface area contributed by atoms with Crippen LogP contribution in [0.4, 0.5) is 0 Å². The number of nitrogens with zero attached hydrogens (tertiary/aromatic N) is 1. The van der Waals surface area contributed by atoms with E-state index in [0.717, 1.165) is 31.9 Å². The number of nitrogens with one attached hydrogen (secondary N) is 1. The second-order valence-corrected chi connectivity index (χ2v) is 8.26. The molecule has 1 N–H and O–H groups in total. The molecule has 1 aliphatic heterocycles. The van der Waals surface area contributed by atoms with Gasteiger partial charge in [0.2, 0.25) is 0 Å². The molecule has 146 valence electrons. The van der Waals surface area contributed by atoms with Gasteiger partial charge in [0.1, 0.15) is 5.75 Å². The maximum atomic E-state index is 5.64. The minimum atomic E-state index is 0.397. The molecule has 1 heterocycles. The summed E-state index contributed by atoms with van der Waals surface area (Å²) in [5.74, 6) is 2.04. The molecular formula is C24H34N2O. The summed E-state index contributed by atoms with van der Waals surface area (Å²) < 4.78 is 5.64. The number of piperazine rings is 1. The summed E-state index contributed by atoms with van der Waals surface area (Å²) in [6.07, 6.45) is 0. The normalized spacial score (nSPS) is 18.3. The summed E-state index contributed by atoms with van der Waals surface area (Å²) in [7, 11) is 1.77. The second-order valence-electron chi connectivity index (χ2n) is 8.26. The third-order valence-electron chi connectivity index (χ3n) is 5.58. The monoisotopic (exact) mass is 366 g/mol. The van der Waals surface area contributed by atoms with E-state index < -0.39 is 0 Å². The van der Waals surface area contributed by atoms with Crippen molar-refractivity contribution in [2.45, 2.75) is 52.1 Å². The molecular weight excluding hydrogens is 332 g/mol. The van der Waals surface area contributed by atoms with E-state index in [1.807, 2.05) is 0 Å². The van der Waals surface area contributed by atoms with E-state index in [1.165, 1.54) is 22.3 Å². The fourth-order valence-electron chi connectivity index (χ4n) is 4.11. The molecule has 0 aliphatic carbocycles. The first-order chi connectivity index (χ1) is 13.0. The quantitative estimate of drug-likeness (QED) is 0.771. The largest absolute Gasteiger partial charge is 0.496 e. The van der Waals surface area contributed by atoms with Gasteiger partial charge in [-0.05, 0) is 40.2 Å². The van der Waals surface area contributed by atoms with Crippen molar-refractivity contribution in [1.29, 1.82) is 0 Å². The number of hydrogen-bond donors (Lipinski definition) is 1. The molecule has 1 saturated heterocycles. The predicted molar refractivity (Wildman–Crippen MR) is 114 cm³/mol. The average Bonchev–Trinajstić information content (AvgIpc) is 2.67. The highest BCUT2D eigenvalue weighted by Crippen LogP contribution is 2.29. The van der Waals surface area contributed by atoms with Crippen molar-refractivity contribution >= 4 is 0 Å². The molecule has 2 aromatic carbocycles. The van der Waals surface area contributed by atoms with Crippen LogP contribution in [0, 0.1) is 0 Å². The Hall–Kier alpha value is -1.84. The van der Waals surface area contributed by atoms with Gasteiger partial charge in [-0.25, -0.2) is 0 Å². The summed E-state index contributed by atoms with van der Waals surface area (Å²) in [6.45, 7) is 13.1. The first kappa shape index (κ1) is 19.9. The van der Waals surface area contributed by atoms with Gasteiger partial charge in [-0.15, -0.1) is 0 Å².